The Balaban J connectivity index is 1.40. The summed E-state index contributed by atoms with van der Waals surface area (Å²) in [5.41, 5.74) is 5.25. The zero-order valence-corrected chi connectivity index (χ0v) is 16.3. The standard InChI is InChI=1S/C25H22N2O2/c1-18(25(28)27-15-14-20-4-2-3-5-23(20)17-27)29-24-12-10-22(11-13-24)21-8-6-19(16-26)7-9-21/h2-13,18H,14-15,17H2,1H3/t18-/m1/s1. The maximum atomic E-state index is 12.8. The fourth-order valence-electron chi connectivity index (χ4n) is 3.66. The summed E-state index contributed by atoms with van der Waals surface area (Å²) in [4.78, 5) is 14.7. The van der Waals surface area contributed by atoms with Crippen LogP contribution in [-0.2, 0) is 17.8 Å². The van der Waals surface area contributed by atoms with Crippen molar-refractivity contribution in [3.8, 4) is 22.9 Å². The SMILES string of the molecule is C[C@@H](Oc1ccc(-c2ccc(C#N)cc2)cc1)C(=O)N1CCc2ccccc2C1. The number of rotatable bonds is 4. The predicted octanol–water partition coefficient (Wildman–Crippen LogP) is 4.58. The van der Waals surface area contributed by atoms with E-state index in [1.54, 1.807) is 19.1 Å². The first kappa shape index (κ1) is 18.8. The number of ether oxygens (including phenoxy) is 1. The molecular weight excluding hydrogens is 360 g/mol. The number of fused-ring (bicyclic) bond motifs is 1. The van der Waals surface area contributed by atoms with Crippen LogP contribution >= 0.6 is 0 Å². The molecular formula is C25H22N2O2. The summed E-state index contributed by atoms with van der Waals surface area (Å²) in [6.45, 7) is 3.17. The number of hydrogen-bond acceptors (Lipinski definition) is 3. The van der Waals surface area contributed by atoms with E-state index in [2.05, 4.69) is 18.2 Å². The van der Waals surface area contributed by atoms with E-state index in [4.69, 9.17) is 10.00 Å². The third-order valence-electron chi connectivity index (χ3n) is 5.30. The zero-order chi connectivity index (χ0) is 20.2. The minimum Gasteiger partial charge on any atom is -0.481 e. The molecule has 0 aromatic heterocycles. The number of nitrogens with zero attached hydrogens (tertiary/aromatic N) is 2. The van der Waals surface area contributed by atoms with E-state index in [0.29, 0.717) is 17.9 Å². The monoisotopic (exact) mass is 382 g/mol. The molecule has 4 heteroatoms. The Labute approximate surface area is 171 Å². The Kier molecular flexibility index (Phi) is 5.31. The van der Waals surface area contributed by atoms with Gasteiger partial charge in [0.05, 0.1) is 11.6 Å². The fourth-order valence-corrected chi connectivity index (χ4v) is 3.66. The molecule has 1 aliphatic rings. The highest BCUT2D eigenvalue weighted by molar-refractivity contribution is 5.81. The van der Waals surface area contributed by atoms with Crippen molar-refractivity contribution in [2.45, 2.75) is 26.0 Å². The number of amides is 1. The van der Waals surface area contributed by atoms with Crippen molar-refractivity contribution in [1.29, 1.82) is 5.26 Å². The summed E-state index contributed by atoms with van der Waals surface area (Å²) in [6.07, 6.45) is 0.342. The van der Waals surface area contributed by atoms with Crippen LogP contribution in [0.1, 0.15) is 23.6 Å². The van der Waals surface area contributed by atoms with Crippen LogP contribution in [-0.4, -0.2) is 23.5 Å². The van der Waals surface area contributed by atoms with Crippen molar-refractivity contribution in [2.24, 2.45) is 0 Å². The van der Waals surface area contributed by atoms with Crippen LogP contribution in [0.3, 0.4) is 0 Å². The molecule has 0 radical (unpaired) electrons. The molecule has 0 spiro atoms. The van der Waals surface area contributed by atoms with E-state index < -0.39 is 6.10 Å². The first-order valence-electron chi connectivity index (χ1n) is 9.77. The molecule has 0 saturated heterocycles. The lowest BCUT2D eigenvalue weighted by atomic mass is 9.99. The normalized spacial score (nSPS) is 13.9. The summed E-state index contributed by atoms with van der Waals surface area (Å²) in [6, 6.07) is 25.5. The number of carbonyl (C=O) groups is 1. The number of hydrogen-bond donors (Lipinski definition) is 0. The molecule has 144 valence electrons. The fraction of sp³-hybridized carbons (Fsp3) is 0.200. The summed E-state index contributed by atoms with van der Waals surface area (Å²) in [5.74, 6) is 0.677. The van der Waals surface area contributed by atoms with Gasteiger partial charge >= 0.3 is 0 Å². The van der Waals surface area contributed by atoms with Crippen molar-refractivity contribution in [3.05, 3.63) is 89.5 Å². The Morgan fingerprint density at radius 2 is 1.59 bits per heavy atom. The Bertz CT molecular complexity index is 1050. The Hall–Kier alpha value is -3.58. The molecule has 0 unspecified atom stereocenters. The summed E-state index contributed by atoms with van der Waals surface area (Å²) >= 11 is 0. The molecule has 1 atom stereocenters. The summed E-state index contributed by atoms with van der Waals surface area (Å²) in [7, 11) is 0. The largest absolute Gasteiger partial charge is 0.481 e. The van der Waals surface area contributed by atoms with E-state index in [1.807, 2.05) is 53.4 Å². The molecule has 29 heavy (non-hydrogen) atoms. The Morgan fingerprint density at radius 1 is 0.966 bits per heavy atom. The van der Waals surface area contributed by atoms with Gasteiger partial charge in [-0.15, -0.1) is 0 Å². The lowest BCUT2D eigenvalue weighted by Gasteiger charge is -2.31. The lowest BCUT2D eigenvalue weighted by Crippen LogP contribution is -2.43. The van der Waals surface area contributed by atoms with Gasteiger partial charge in [-0.2, -0.15) is 5.26 Å². The topological polar surface area (TPSA) is 53.3 Å². The molecule has 1 heterocycles. The summed E-state index contributed by atoms with van der Waals surface area (Å²) in [5, 5.41) is 8.91. The minimum absolute atomic E-state index is 0.00988. The van der Waals surface area contributed by atoms with E-state index >= 15 is 0 Å². The molecule has 3 aromatic rings. The van der Waals surface area contributed by atoms with Crippen molar-refractivity contribution >= 4 is 5.91 Å². The molecule has 0 bridgehead atoms. The lowest BCUT2D eigenvalue weighted by molar-refractivity contribution is -0.138. The second kappa shape index (κ2) is 8.20. The van der Waals surface area contributed by atoms with Gasteiger partial charge in [0, 0.05) is 13.1 Å². The van der Waals surface area contributed by atoms with Crippen LogP contribution in [0, 0.1) is 11.3 Å². The summed E-state index contributed by atoms with van der Waals surface area (Å²) < 4.78 is 5.91. The first-order chi connectivity index (χ1) is 14.1. The van der Waals surface area contributed by atoms with Gasteiger partial charge < -0.3 is 9.64 Å². The number of nitriles is 1. The van der Waals surface area contributed by atoms with Gasteiger partial charge in [-0.1, -0.05) is 48.5 Å². The highest BCUT2D eigenvalue weighted by Crippen LogP contribution is 2.24. The minimum atomic E-state index is -0.541. The van der Waals surface area contributed by atoms with E-state index in [0.717, 1.165) is 24.1 Å². The van der Waals surface area contributed by atoms with E-state index in [-0.39, 0.29) is 5.91 Å². The predicted molar refractivity (Wildman–Crippen MR) is 112 cm³/mol. The van der Waals surface area contributed by atoms with Crippen molar-refractivity contribution in [2.75, 3.05) is 6.54 Å². The van der Waals surface area contributed by atoms with E-state index in [1.165, 1.54) is 11.1 Å². The second-order valence-electron chi connectivity index (χ2n) is 7.25. The third-order valence-corrected chi connectivity index (χ3v) is 5.30. The molecule has 1 amide bonds. The molecule has 0 fully saturated rings. The van der Waals surface area contributed by atoms with Gasteiger partial charge in [0.2, 0.25) is 0 Å². The molecule has 0 saturated carbocycles. The Morgan fingerprint density at radius 3 is 2.24 bits per heavy atom. The zero-order valence-electron chi connectivity index (χ0n) is 16.3. The van der Waals surface area contributed by atoms with Gasteiger partial charge in [-0.25, -0.2) is 0 Å². The van der Waals surface area contributed by atoms with Gasteiger partial charge in [0.1, 0.15) is 5.75 Å². The van der Waals surface area contributed by atoms with Crippen molar-refractivity contribution < 1.29 is 9.53 Å². The van der Waals surface area contributed by atoms with Crippen LogP contribution < -0.4 is 4.74 Å². The van der Waals surface area contributed by atoms with Crippen LogP contribution in [0.2, 0.25) is 0 Å². The highest BCUT2D eigenvalue weighted by atomic mass is 16.5. The number of carbonyl (C=O) groups excluding carboxylic acids is 1. The average molecular weight is 382 g/mol. The van der Waals surface area contributed by atoms with Crippen molar-refractivity contribution in [1.82, 2.24) is 4.90 Å². The number of benzene rings is 3. The third kappa shape index (κ3) is 4.14. The van der Waals surface area contributed by atoms with Crippen molar-refractivity contribution in [3.63, 3.8) is 0 Å². The maximum absolute atomic E-state index is 12.8. The molecule has 4 rings (SSSR count). The van der Waals surface area contributed by atoms with Crippen LogP contribution in [0.5, 0.6) is 5.75 Å². The molecule has 0 N–H and O–H groups in total. The first-order valence-corrected chi connectivity index (χ1v) is 9.77. The van der Waals surface area contributed by atoms with Crippen LogP contribution in [0.25, 0.3) is 11.1 Å². The average Bonchev–Trinajstić information content (AvgIpc) is 2.79. The highest BCUT2D eigenvalue weighted by Gasteiger charge is 2.25. The van der Waals surface area contributed by atoms with Crippen LogP contribution in [0.4, 0.5) is 0 Å². The maximum Gasteiger partial charge on any atom is 0.263 e. The van der Waals surface area contributed by atoms with Crippen LogP contribution in [0.15, 0.2) is 72.8 Å². The molecule has 1 aliphatic heterocycles. The van der Waals surface area contributed by atoms with Gasteiger partial charge in [-0.3, -0.25) is 4.79 Å². The van der Waals surface area contributed by atoms with Gasteiger partial charge in [0.15, 0.2) is 6.10 Å². The van der Waals surface area contributed by atoms with Gasteiger partial charge in [-0.05, 0) is 59.9 Å². The van der Waals surface area contributed by atoms with Gasteiger partial charge in [0.25, 0.3) is 5.91 Å². The molecule has 4 nitrogen and oxygen atoms in total. The molecule has 3 aromatic carbocycles. The second-order valence-corrected chi connectivity index (χ2v) is 7.25. The molecule has 0 aliphatic carbocycles. The van der Waals surface area contributed by atoms with E-state index in [9.17, 15) is 4.79 Å². The smallest absolute Gasteiger partial charge is 0.263 e. The quantitative estimate of drug-likeness (QED) is 0.664.